The van der Waals surface area contributed by atoms with E-state index in [0.29, 0.717) is 5.69 Å². The lowest BCUT2D eigenvalue weighted by Crippen LogP contribution is -2.23. The van der Waals surface area contributed by atoms with Crippen molar-refractivity contribution >= 4 is 29.6 Å². The highest BCUT2D eigenvalue weighted by atomic mass is 32.2. The number of nitriles is 1. The van der Waals surface area contributed by atoms with Crippen LogP contribution >= 0.6 is 11.8 Å². The lowest BCUT2D eigenvalue weighted by molar-refractivity contribution is 0.255. The van der Waals surface area contributed by atoms with Crippen LogP contribution in [0.4, 0.5) is 10.5 Å². The second-order valence-electron chi connectivity index (χ2n) is 4.56. The van der Waals surface area contributed by atoms with E-state index in [2.05, 4.69) is 10.6 Å². The van der Waals surface area contributed by atoms with Gasteiger partial charge >= 0.3 is 6.03 Å². The first-order valence-corrected chi connectivity index (χ1v) is 7.46. The summed E-state index contributed by atoms with van der Waals surface area (Å²) in [5, 5.41) is 15.9. The summed E-state index contributed by atoms with van der Waals surface area (Å²) in [5.74, 6) is 0. The van der Waals surface area contributed by atoms with E-state index < -0.39 is 0 Å². The van der Waals surface area contributed by atoms with Gasteiger partial charge in [-0.3, -0.25) is 0 Å². The largest absolute Gasteiger partial charge is 0.323 e. The van der Waals surface area contributed by atoms with E-state index in [4.69, 9.17) is 5.26 Å². The van der Waals surface area contributed by atoms with Gasteiger partial charge in [0.1, 0.15) is 5.40 Å². The molecule has 0 saturated carbocycles. The number of benzene rings is 2. The van der Waals surface area contributed by atoms with Crippen LogP contribution < -0.4 is 10.6 Å². The smallest absolute Gasteiger partial charge is 0.314 e. The maximum Gasteiger partial charge on any atom is 0.323 e. The molecule has 5 heteroatoms. The monoisotopic (exact) mass is 309 g/mol. The average Bonchev–Trinajstić information content (AvgIpc) is 2.50. The molecular formula is C17H15N3OS. The average molecular weight is 309 g/mol. The Morgan fingerprint density at radius 3 is 2.68 bits per heavy atom. The minimum Gasteiger partial charge on any atom is -0.314 e. The van der Waals surface area contributed by atoms with Crippen LogP contribution in [0.25, 0.3) is 6.08 Å². The summed E-state index contributed by atoms with van der Waals surface area (Å²) in [6.07, 6.45) is 3.43. The quantitative estimate of drug-likeness (QED) is 0.651. The van der Waals surface area contributed by atoms with Gasteiger partial charge in [0.15, 0.2) is 0 Å². The third kappa shape index (κ3) is 5.00. The molecule has 0 aliphatic carbocycles. The van der Waals surface area contributed by atoms with E-state index in [9.17, 15) is 4.79 Å². The van der Waals surface area contributed by atoms with Crippen molar-refractivity contribution in [2.45, 2.75) is 11.8 Å². The van der Waals surface area contributed by atoms with E-state index in [1.807, 2.05) is 42.7 Å². The summed E-state index contributed by atoms with van der Waals surface area (Å²) in [7, 11) is 0. The normalized spacial score (nSPS) is 10.2. The number of carbonyl (C=O) groups is 1. The second-order valence-corrected chi connectivity index (χ2v) is 5.42. The van der Waals surface area contributed by atoms with E-state index in [-0.39, 0.29) is 6.03 Å². The highest BCUT2D eigenvalue weighted by Gasteiger charge is 1.99. The Morgan fingerprint density at radius 1 is 1.23 bits per heavy atom. The molecule has 0 saturated heterocycles. The van der Waals surface area contributed by atoms with Crippen LogP contribution in [0.1, 0.15) is 11.1 Å². The number of anilines is 1. The van der Waals surface area contributed by atoms with Crippen molar-refractivity contribution in [3.63, 3.8) is 0 Å². The molecule has 0 fully saturated rings. The van der Waals surface area contributed by atoms with E-state index in [1.165, 1.54) is 5.56 Å². The van der Waals surface area contributed by atoms with Crippen LogP contribution in [-0.2, 0) is 0 Å². The molecule has 0 unspecified atom stereocenters. The summed E-state index contributed by atoms with van der Waals surface area (Å²) in [6.45, 7) is 2.02. The molecule has 22 heavy (non-hydrogen) atoms. The Hall–Kier alpha value is -2.71. The predicted molar refractivity (Wildman–Crippen MR) is 90.3 cm³/mol. The van der Waals surface area contributed by atoms with Crippen LogP contribution in [0.2, 0.25) is 0 Å². The fourth-order valence-electron chi connectivity index (χ4n) is 1.81. The maximum atomic E-state index is 11.7. The standard InChI is InChI=1S/C17H15N3OS/c1-13-3-2-4-14(11-13)9-10-19-17(21)20-15-5-7-16(8-6-15)22-12-18/h2-11H,1H3,(H2,19,20,21)/b10-9+. The maximum absolute atomic E-state index is 11.7. The minimum absolute atomic E-state index is 0.315. The van der Waals surface area contributed by atoms with E-state index >= 15 is 0 Å². The van der Waals surface area contributed by atoms with Crippen molar-refractivity contribution in [2.24, 2.45) is 0 Å². The van der Waals surface area contributed by atoms with Crippen LogP contribution in [0.3, 0.4) is 0 Å². The van der Waals surface area contributed by atoms with Crippen LogP contribution in [0, 0.1) is 17.6 Å². The zero-order valence-electron chi connectivity index (χ0n) is 12.0. The predicted octanol–water partition coefficient (Wildman–Crippen LogP) is 4.36. The number of amides is 2. The van der Waals surface area contributed by atoms with Crippen molar-refractivity contribution < 1.29 is 4.79 Å². The number of rotatable bonds is 4. The van der Waals surface area contributed by atoms with Gasteiger partial charge in [0, 0.05) is 16.8 Å². The number of urea groups is 1. The van der Waals surface area contributed by atoms with Gasteiger partial charge in [-0.15, -0.1) is 0 Å². The van der Waals surface area contributed by atoms with Gasteiger partial charge in [0.2, 0.25) is 0 Å². The number of hydrogen-bond donors (Lipinski definition) is 2. The Balaban J connectivity index is 1.86. The summed E-state index contributed by atoms with van der Waals surface area (Å²) >= 11 is 1.08. The molecule has 0 radical (unpaired) electrons. The number of nitrogens with zero attached hydrogens (tertiary/aromatic N) is 1. The van der Waals surface area contributed by atoms with Crippen molar-refractivity contribution in [3.8, 4) is 5.40 Å². The summed E-state index contributed by atoms with van der Waals surface area (Å²) < 4.78 is 0. The lowest BCUT2D eigenvalue weighted by atomic mass is 10.1. The van der Waals surface area contributed by atoms with Gasteiger partial charge in [0.25, 0.3) is 0 Å². The Labute approximate surface area is 133 Å². The van der Waals surface area contributed by atoms with Crippen LogP contribution in [-0.4, -0.2) is 6.03 Å². The molecule has 0 aliphatic heterocycles. The number of thioether (sulfide) groups is 1. The van der Waals surface area contributed by atoms with Gasteiger partial charge in [-0.05, 0) is 54.6 Å². The number of carbonyl (C=O) groups excluding carboxylic acids is 1. The van der Waals surface area contributed by atoms with Crippen molar-refractivity contribution in [3.05, 3.63) is 65.9 Å². The van der Waals surface area contributed by atoms with Gasteiger partial charge in [0.05, 0.1) is 0 Å². The van der Waals surface area contributed by atoms with E-state index in [1.54, 1.807) is 30.5 Å². The van der Waals surface area contributed by atoms with Crippen LogP contribution in [0.15, 0.2) is 59.6 Å². The molecule has 4 nitrogen and oxygen atoms in total. The van der Waals surface area contributed by atoms with Gasteiger partial charge in [-0.25, -0.2) is 4.79 Å². The Morgan fingerprint density at radius 2 is 2.00 bits per heavy atom. The second kappa shape index (κ2) is 7.91. The number of thiocyanates is 1. The first kappa shape index (κ1) is 15.7. The zero-order valence-corrected chi connectivity index (χ0v) is 12.9. The molecule has 0 aromatic heterocycles. The minimum atomic E-state index is -0.315. The van der Waals surface area contributed by atoms with Gasteiger partial charge in [-0.1, -0.05) is 29.8 Å². The van der Waals surface area contributed by atoms with Gasteiger partial charge < -0.3 is 10.6 Å². The molecule has 2 N–H and O–H groups in total. The summed E-state index contributed by atoms with van der Waals surface area (Å²) in [4.78, 5) is 12.6. The third-order valence-corrected chi connectivity index (χ3v) is 3.41. The first-order valence-electron chi connectivity index (χ1n) is 6.64. The highest BCUT2D eigenvalue weighted by molar-refractivity contribution is 8.03. The SMILES string of the molecule is Cc1cccc(/C=C/NC(=O)Nc2ccc(SC#N)cc2)c1. The number of nitrogens with one attached hydrogen (secondary N) is 2. The fraction of sp³-hybridized carbons (Fsp3) is 0.0588. The van der Waals surface area contributed by atoms with E-state index in [0.717, 1.165) is 22.2 Å². The Bertz CT molecular complexity index is 717. The van der Waals surface area contributed by atoms with Gasteiger partial charge in [-0.2, -0.15) is 5.26 Å². The first-order chi connectivity index (χ1) is 10.7. The molecule has 2 aromatic rings. The Kier molecular flexibility index (Phi) is 5.64. The molecule has 0 bridgehead atoms. The number of aryl methyl sites for hydroxylation is 1. The molecule has 0 atom stereocenters. The number of hydrogen-bond acceptors (Lipinski definition) is 3. The van der Waals surface area contributed by atoms with Crippen molar-refractivity contribution in [2.75, 3.05) is 5.32 Å². The molecule has 0 heterocycles. The molecule has 110 valence electrons. The summed E-state index contributed by atoms with van der Waals surface area (Å²) in [6, 6.07) is 14.7. The van der Waals surface area contributed by atoms with Crippen molar-refractivity contribution in [1.29, 1.82) is 5.26 Å². The van der Waals surface area contributed by atoms with Crippen molar-refractivity contribution in [1.82, 2.24) is 5.32 Å². The highest BCUT2D eigenvalue weighted by Crippen LogP contribution is 2.18. The molecule has 2 aromatic carbocycles. The molecular weight excluding hydrogens is 294 g/mol. The lowest BCUT2D eigenvalue weighted by Gasteiger charge is -2.05. The molecule has 2 rings (SSSR count). The molecule has 0 aliphatic rings. The third-order valence-electron chi connectivity index (χ3n) is 2.81. The fourth-order valence-corrected chi connectivity index (χ4v) is 2.19. The topological polar surface area (TPSA) is 64.9 Å². The molecule has 0 spiro atoms. The zero-order chi connectivity index (χ0) is 15.8. The van der Waals surface area contributed by atoms with Crippen LogP contribution in [0.5, 0.6) is 0 Å². The summed E-state index contributed by atoms with van der Waals surface area (Å²) in [5.41, 5.74) is 2.86. The molecule has 2 amide bonds.